The molecule has 0 saturated heterocycles. The first-order valence-electron chi connectivity index (χ1n) is 9.55. The highest BCUT2D eigenvalue weighted by Gasteiger charge is 2.24. The van der Waals surface area contributed by atoms with Crippen molar-refractivity contribution in [2.75, 3.05) is 30.6 Å². The Hall–Kier alpha value is -2.35. The number of rotatable bonds is 6. The van der Waals surface area contributed by atoms with Crippen LogP contribution >= 0.6 is 11.8 Å². The predicted octanol–water partition coefficient (Wildman–Crippen LogP) is 3.12. The van der Waals surface area contributed by atoms with Crippen LogP contribution in [0.2, 0.25) is 0 Å². The van der Waals surface area contributed by atoms with Crippen LogP contribution in [0, 0.1) is 6.92 Å². The molecule has 28 heavy (non-hydrogen) atoms. The minimum atomic E-state index is -0.0316. The standard InChI is InChI=1S/C20H28N6OS/c1-13-22-17(12-18(23-13)26(2)3)24-14-7-9-15(10-8-14)25-19(27)16-6-5-11-21-20(16)28-4/h5-6,11-12,14-15H,7-10H2,1-4H3,(H,25,27)(H,22,23,24). The second-order valence-corrected chi connectivity index (χ2v) is 8.07. The Labute approximate surface area is 170 Å². The minimum Gasteiger partial charge on any atom is -0.367 e. The molecule has 0 bridgehead atoms. The quantitative estimate of drug-likeness (QED) is 0.721. The Morgan fingerprint density at radius 3 is 2.57 bits per heavy atom. The molecule has 1 fully saturated rings. The van der Waals surface area contributed by atoms with Gasteiger partial charge >= 0.3 is 0 Å². The smallest absolute Gasteiger partial charge is 0.254 e. The molecule has 2 N–H and O–H groups in total. The molecule has 2 aromatic rings. The van der Waals surface area contributed by atoms with Crippen LogP contribution in [0.15, 0.2) is 29.4 Å². The lowest BCUT2D eigenvalue weighted by Crippen LogP contribution is -2.40. The van der Waals surface area contributed by atoms with Gasteiger partial charge in [-0.1, -0.05) is 0 Å². The van der Waals surface area contributed by atoms with Crippen LogP contribution in [-0.2, 0) is 0 Å². The highest BCUT2D eigenvalue weighted by Crippen LogP contribution is 2.24. The van der Waals surface area contributed by atoms with Gasteiger partial charge in [-0.15, -0.1) is 11.8 Å². The van der Waals surface area contributed by atoms with Crippen molar-refractivity contribution in [1.82, 2.24) is 20.3 Å². The number of carbonyl (C=O) groups excluding carboxylic acids is 1. The average Bonchev–Trinajstić information content (AvgIpc) is 2.69. The average molecular weight is 401 g/mol. The Morgan fingerprint density at radius 2 is 1.89 bits per heavy atom. The van der Waals surface area contributed by atoms with E-state index in [1.807, 2.05) is 44.3 Å². The molecule has 1 aliphatic rings. The fraction of sp³-hybridized carbons (Fsp3) is 0.500. The molecular formula is C20H28N6OS. The van der Waals surface area contributed by atoms with Gasteiger partial charge in [0.2, 0.25) is 0 Å². The van der Waals surface area contributed by atoms with E-state index in [9.17, 15) is 4.79 Å². The van der Waals surface area contributed by atoms with E-state index < -0.39 is 0 Å². The zero-order valence-corrected chi connectivity index (χ0v) is 17.7. The Balaban J connectivity index is 1.54. The van der Waals surface area contributed by atoms with Gasteiger partial charge in [0.1, 0.15) is 22.5 Å². The maximum atomic E-state index is 12.6. The molecule has 0 radical (unpaired) electrons. The number of nitrogens with one attached hydrogen (secondary N) is 2. The van der Waals surface area contributed by atoms with Crippen molar-refractivity contribution in [2.24, 2.45) is 0 Å². The van der Waals surface area contributed by atoms with E-state index in [0.717, 1.165) is 48.2 Å². The summed E-state index contributed by atoms with van der Waals surface area (Å²) in [7, 11) is 3.95. The highest BCUT2D eigenvalue weighted by atomic mass is 32.2. The molecule has 0 aliphatic heterocycles. The lowest BCUT2D eigenvalue weighted by molar-refractivity contribution is 0.0923. The number of hydrogen-bond acceptors (Lipinski definition) is 7. The summed E-state index contributed by atoms with van der Waals surface area (Å²) in [5.41, 5.74) is 0.655. The van der Waals surface area contributed by atoms with Crippen molar-refractivity contribution < 1.29 is 4.79 Å². The molecule has 2 aromatic heterocycles. The van der Waals surface area contributed by atoms with Gasteiger partial charge in [0.05, 0.1) is 5.56 Å². The van der Waals surface area contributed by atoms with E-state index in [1.165, 1.54) is 11.8 Å². The number of aromatic nitrogens is 3. The van der Waals surface area contributed by atoms with Crippen LogP contribution in [0.25, 0.3) is 0 Å². The largest absolute Gasteiger partial charge is 0.367 e. The van der Waals surface area contributed by atoms with Gasteiger partial charge in [-0.25, -0.2) is 15.0 Å². The first kappa shape index (κ1) is 20.4. The van der Waals surface area contributed by atoms with Crippen molar-refractivity contribution in [3.63, 3.8) is 0 Å². The van der Waals surface area contributed by atoms with Crippen LogP contribution in [0.5, 0.6) is 0 Å². The number of carbonyl (C=O) groups is 1. The van der Waals surface area contributed by atoms with Crippen molar-refractivity contribution in [2.45, 2.75) is 49.7 Å². The number of nitrogens with zero attached hydrogens (tertiary/aromatic N) is 4. The minimum absolute atomic E-state index is 0.0316. The van der Waals surface area contributed by atoms with Crippen molar-refractivity contribution >= 4 is 29.3 Å². The highest BCUT2D eigenvalue weighted by molar-refractivity contribution is 7.98. The van der Waals surface area contributed by atoms with E-state index in [4.69, 9.17) is 0 Å². The lowest BCUT2D eigenvalue weighted by atomic mass is 9.91. The van der Waals surface area contributed by atoms with Gasteiger partial charge in [0.25, 0.3) is 5.91 Å². The SMILES string of the molecule is CSc1ncccc1C(=O)NC1CCC(Nc2cc(N(C)C)nc(C)n2)CC1. The Bertz CT molecular complexity index is 820. The lowest BCUT2D eigenvalue weighted by Gasteiger charge is -2.30. The van der Waals surface area contributed by atoms with Gasteiger partial charge in [0, 0.05) is 38.4 Å². The van der Waals surface area contributed by atoms with E-state index >= 15 is 0 Å². The number of hydrogen-bond donors (Lipinski definition) is 2. The number of thioether (sulfide) groups is 1. The molecule has 2 heterocycles. The molecule has 150 valence electrons. The van der Waals surface area contributed by atoms with Gasteiger partial charge in [-0.2, -0.15) is 0 Å². The van der Waals surface area contributed by atoms with E-state index in [2.05, 4.69) is 25.6 Å². The normalized spacial score (nSPS) is 19.1. The van der Waals surface area contributed by atoms with Crippen LogP contribution in [0.4, 0.5) is 11.6 Å². The summed E-state index contributed by atoms with van der Waals surface area (Å²) >= 11 is 1.49. The van der Waals surface area contributed by atoms with Crippen LogP contribution in [0.3, 0.4) is 0 Å². The van der Waals surface area contributed by atoms with Gasteiger partial charge < -0.3 is 15.5 Å². The summed E-state index contributed by atoms with van der Waals surface area (Å²) in [6, 6.07) is 6.18. The molecule has 1 aliphatic carbocycles. The van der Waals surface area contributed by atoms with Crippen molar-refractivity contribution in [3.05, 3.63) is 35.8 Å². The monoisotopic (exact) mass is 400 g/mol. The second-order valence-electron chi connectivity index (χ2n) is 7.28. The fourth-order valence-electron chi connectivity index (χ4n) is 3.44. The third-order valence-electron chi connectivity index (χ3n) is 4.91. The van der Waals surface area contributed by atoms with Crippen LogP contribution in [0.1, 0.15) is 41.9 Å². The van der Waals surface area contributed by atoms with Gasteiger partial charge in [-0.05, 0) is 51.0 Å². The summed E-state index contributed by atoms with van der Waals surface area (Å²) < 4.78 is 0. The van der Waals surface area contributed by atoms with Crippen molar-refractivity contribution in [1.29, 1.82) is 0 Å². The molecule has 0 unspecified atom stereocenters. The molecule has 3 rings (SSSR count). The zero-order valence-electron chi connectivity index (χ0n) is 16.9. The number of pyridine rings is 1. The van der Waals surface area contributed by atoms with Gasteiger partial charge in [0.15, 0.2) is 0 Å². The summed E-state index contributed by atoms with van der Waals surface area (Å²) in [5, 5.41) is 7.48. The van der Waals surface area contributed by atoms with Crippen molar-refractivity contribution in [3.8, 4) is 0 Å². The molecule has 1 saturated carbocycles. The third kappa shape index (κ3) is 5.13. The molecular weight excluding hydrogens is 372 g/mol. The number of anilines is 2. The fourth-order valence-corrected chi connectivity index (χ4v) is 3.98. The molecule has 7 nitrogen and oxygen atoms in total. The van der Waals surface area contributed by atoms with Crippen LogP contribution in [-0.4, -0.2) is 53.3 Å². The first-order chi connectivity index (χ1) is 13.5. The Kier molecular flexibility index (Phi) is 6.72. The molecule has 0 atom stereocenters. The Morgan fingerprint density at radius 1 is 1.18 bits per heavy atom. The van der Waals surface area contributed by atoms with Gasteiger partial charge in [-0.3, -0.25) is 4.79 Å². The molecule has 1 amide bonds. The molecule has 8 heteroatoms. The molecule has 0 aromatic carbocycles. The zero-order chi connectivity index (χ0) is 20.1. The summed E-state index contributed by atoms with van der Waals surface area (Å²) in [5.74, 6) is 2.49. The summed E-state index contributed by atoms with van der Waals surface area (Å²) in [6.45, 7) is 1.91. The summed E-state index contributed by atoms with van der Waals surface area (Å²) in [6.07, 6.45) is 7.54. The topological polar surface area (TPSA) is 83.0 Å². The third-order valence-corrected chi connectivity index (χ3v) is 5.62. The maximum Gasteiger partial charge on any atom is 0.254 e. The number of amides is 1. The molecule has 0 spiro atoms. The predicted molar refractivity (Wildman–Crippen MR) is 114 cm³/mol. The van der Waals surface area contributed by atoms with E-state index in [0.29, 0.717) is 11.6 Å². The van der Waals surface area contributed by atoms with E-state index in [-0.39, 0.29) is 11.9 Å². The maximum absolute atomic E-state index is 12.6. The number of aryl methyl sites for hydroxylation is 1. The summed E-state index contributed by atoms with van der Waals surface area (Å²) in [4.78, 5) is 27.8. The second kappa shape index (κ2) is 9.23. The van der Waals surface area contributed by atoms with Crippen LogP contribution < -0.4 is 15.5 Å². The first-order valence-corrected chi connectivity index (χ1v) is 10.8. The van der Waals surface area contributed by atoms with E-state index in [1.54, 1.807) is 12.3 Å².